The van der Waals surface area contributed by atoms with E-state index in [1.54, 1.807) is 10.8 Å². The van der Waals surface area contributed by atoms with Gasteiger partial charge in [0.05, 0.1) is 13.2 Å². The number of aliphatic hydroxyl groups is 1. The Kier molecular flexibility index (Phi) is 2.89. The summed E-state index contributed by atoms with van der Waals surface area (Å²) in [6.07, 6.45) is 1.69. The molecule has 0 saturated heterocycles. The third-order valence-electron chi connectivity index (χ3n) is 1.98. The Morgan fingerprint density at radius 2 is 2.33 bits per heavy atom. The van der Waals surface area contributed by atoms with Gasteiger partial charge in [-0.3, -0.25) is 14.6 Å². The summed E-state index contributed by atoms with van der Waals surface area (Å²) in [6, 6.07) is 5.56. The molecule has 0 saturated carbocycles. The summed E-state index contributed by atoms with van der Waals surface area (Å²) in [7, 11) is 0. The fourth-order valence-electron chi connectivity index (χ4n) is 1.32. The van der Waals surface area contributed by atoms with Crippen molar-refractivity contribution in [3.05, 3.63) is 29.2 Å². The molecule has 5 nitrogen and oxygen atoms in total. The highest BCUT2D eigenvalue weighted by atomic mass is 32.1. The first-order valence-corrected chi connectivity index (χ1v) is 4.91. The van der Waals surface area contributed by atoms with Crippen LogP contribution >= 0.6 is 12.2 Å². The highest BCUT2D eigenvalue weighted by Crippen LogP contribution is 2.13. The van der Waals surface area contributed by atoms with Crippen LogP contribution in [0.3, 0.4) is 0 Å². The van der Waals surface area contributed by atoms with E-state index in [0.29, 0.717) is 17.1 Å². The average molecular weight is 222 g/mol. The number of H-pyrrole nitrogens is 1. The van der Waals surface area contributed by atoms with Gasteiger partial charge in [0.2, 0.25) is 0 Å². The van der Waals surface area contributed by atoms with E-state index in [0.717, 1.165) is 5.69 Å². The molecule has 0 unspecified atom stereocenters. The molecule has 78 valence electrons. The van der Waals surface area contributed by atoms with Crippen LogP contribution in [0, 0.1) is 4.77 Å². The highest BCUT2D eigenvalue weighted by Gasteiger charge is 2.08. The molecule has 0 aliphatic carbocycles. The van der Waals surface area contributed by atoms with Crippen LogP contribution in [0.1, 0.15) is 0 Å². The van der Waals surface area contributed by atoms with E-state index in [1.807, 2.05) is 18.2 Å². The number of hydrogen-bond donors (Lipinski definition) is 2. The van der Waals surface area contributed by atoms with Crippen molar-refractivity contribution in [2.75, 3.05) is 6.61 Å². The van der Waals surface area contributed by atoms with Crippen LogP contribution in [0.5, 0.6) is 0 Å². The van der Waals surface area contributed by atoms with E-state index in [4.69, 9.17) is 17.3 Å². The molecule has 0 spiro atoms. The molecular formula is C9H10N4OS. The highest BCUT2D eigenvalue weighted by molar-refractivity contribution is 7.71. The maximum absolute atomic E-state index is 8.90. The second-order valence-electron chi connectivity index (χ2n) is 2.94. The fraction of sp³-hybridized carbons (Fsp3) is 0.222. The molecule has 0 aliphatic rings. The lowest BCUT2D eigenvalue weighted by Crippen LogP contribution is -2.04. The van der Waals surface area contributed by atoms with Crippen molar-refractivity contribution in [1.82, 2.24) is 19.7 Å². The standard InChI is InChI=1S/C9H10N4OS/c14-6-5-13-8(11-12-9(13)15)7-3-1-2-4-10-7/h1-4,14H,5-6H2,(H,12,15). The lowest BCUT2D eigenvalue weighted by molar-refractivity contribution is 0.276. The maximum Gasteiger partial charge on any atom is 0.195 e. The van der Waals surface area contributed by atoms with E-state index in [2.05, 4.69) is 15.2 Å². The molecule has 6 heteroatoms. The normalized spacial score (nSPS) is 10.5. The first-order chi connectivity index (χ1) is 7.33. The van der Waals surface area contributed by atoms with Crippen LogP contribution in [-0.2, 0) is 6.54 Å². The van der Waals surface area contributed by atoms with E-state index < -0.39 is 0 Å². The van der Waals surface area contributed by atoms with Crippen LogP contribution < -0.4 is 0 Å². The van der Waals surface area contributed by atoms with Gasteiger partial charge in [0, 0.05) is 6.20 Å². The lowest BCUT2D eigenvalue weighted by Gasteiger charge is -2.02. The third kappa shape index (κ3) is 1.95. The topological polar surface area (TPSA) is 66.7 Å². The van der Waals surface area contributed by atoms with Crippen molar-refractivity contribution in [2.45, 2.75) is 6.54 Å². The molecule has 0 fully saturated rings. The Morgan fingerprint density at radius 3 is 3.00 bits per heavy atom. The fourth-order valence-corrected chi connectivity index (χ4v) is 1.54. The molecule has 0 radical (unpaired) electrons. The minimum Gasteiger partial charge on any atom is -0.395 e. The number of aromatic amines is 1. The van der Waals surface area contributed by atoms with Gasteiger partial charge in [-0.2, -0.15) is 5.10 Å². The Bertz CT molecular complexity index is 490. The van der Waals surface area contributed by atoms with Gasteiger partial charge in [-0.1, -0.05) is 6.07 Å². The second kappa shape index (κ2) is 4.33. The summed E-state index contributed by atoms with van der Waals surface area (Å²) in [5.41, 5.74) is 0.735. The van der Waals surface area contributed by atoms with Crippen molar-refractivity contribution in [3.8, 4) is 11.5 Å². The first-order valence-electron chi connectivity index (χ1n) is 4.50. The zero-order chi connectivity index (χ0) is 10.7. The molecular weight excluding hydrogens is 212 g/mol. The summed E-state index contributed by atoms with van der Waals surface area (Å²) in [5.74, 6) is 0.648. The average Bonchev–Trinajstić information content (AvgIpc) is 2.63. The van der Waals surface area contributed by atoms with E-state index in [1.165, 1.54) is 0 Å². The summed E-state index contributed by atoms with van der Waals surface area (Å²) in [4.78, 5) is 4.17. The number of pyridine rings is 1. The van der Waals surface area contributed by atoms with Gasteiger partial charge in [-0.05, 0) is 24.4 Å². The van der Waals surface area contributed by atoms with Gasteiger partial charge < -0.3 is 5.11 Å². The van der Waals surface area contributed by atoms with Gasteiger partial charge >= 0.3 is 0 Å². The van der Waals surface area contributed by atoms with Crippen molar-refractivity contribution in [1.29, 1.82) is 0 Å². The van der Waals surface area contributed by atoms with Gasteiger partial charge in [0.1, 0.15) is 5.69 Å². The van der Waals surface area contributed by atoms with Crippen LogP contribution in [0.25, 0.3) is 11.5 Å². The van der Waals surface area contributed by atoms with E-state index in [-0.39, 0.29) is 6.61 Å². The van der Waals surface area contributed by atoms with Crippen LogP contribution in [0.4, 0.5) is 0 Å². The number of nitrogens with one attached hydrogen (secondary N) is 1. The molecule has 0 amide bonds. The number of rotatable bonds is 3. The van der Waals surface area contributed by atoms with E-state index in [9.17, 15) is 0 Å². The molecule has 2 aromatic heterocycles. The lowest BCUT2D eigenvalue weighted by atomic mass is 10.3. The van der Waals surface area contributed by atoms with Crippen molar-refractivity contribution in [2.24, 2.45) is 0 Å². The maximum atomic E-state index is 8.90. The quantitative estimate of drug-likeness (QED) is 0.760. The molecule has 0 atom stereocenters. The minimum atomic E-state index is 0.0215. The largest absolute Gasteiger partial charge is 0.395 e. The molecule has 2 aromatic rings. The molecule has 15 heavy (non-hydrogen) atoms. The van der Waals surface area contributed by atoms with Crippen molar-refractivity contribution >= 4 is 12.2 Å². The summed E-state index contributed by atoms with van der Waals surface area (Å²) in [5, 5.41) is 15.7. The summed E-state index contributed by atoms with van der Waals surface area (Å²) >= 11 is 5.04. The number of aromatic nitrogens is 4. The monoisotopic (exact) mass is 222 g/mol. The van der Waals surface area contributed by atoms with Crippen LogP contribution in [-0.4, -0.2) is 31.5 Å². The predicted molar refractivity (Wildman–Crippen MR) is 57.7 cm³/mol. The molecule has 2 N–H and O–H groups in total. The molecule has 2 rings (SSSR count). The third-order valence-corrected chi connectivity index (χ3v) is 2.29. The number of hydrogen-bond acceptors (Lipinski definition) is 4. The molecule has 0 aromatic carbocycles. The SMILES string of the molecule is OCCn1c(-c2ccccn2)n[nH]c1=S. The van der Waals surface area contributed by atoms with Crippen molar-refractivity contribution in [3.63, 3.8) is 0 Å². The smallest absolute Gasteiger partial charge is 0.195 e. The summed E-state index contributed by atoms with van der Waals surface area (Å²) < 4.78 is 2.21. The predicted octanol–water partition coefficient (Wildman–Crippen LogP) is 0.995. The van der Waals surface area contributed by atoms with Crippen molar-refractivity contribution < 1.29 is 5.11 Å². The first kappa shape index (κ1) is 10.0. The van der Waals surface area contributed by atoms with Crippen LogP contribution in [0.2, 0.25) is 0 Å². The Balaban J connectivity index is 2.49. The summed E-state index contributed by atoms with van der Waals surface area (Å²) in [6.45, 7) is 0.439. The Hall–Kier alpha value is -1.53. The van der Waals surface area contributed by atoms with Gasteiger partial charge in [0.25, 0.3) is 0 Å². The zero-order valence-corrected chi connectivity index (χ0v) is 8.74. The number of aliphatic hydroxyl groups excluding tert-OH is 1. The van der Waals surface area contributed by atoms with Gasteiger partial charge in [0.15, 0.2) is 10.6 Å². The van der Waals surface area contributed by atoms with Crippen LogP contribution in [0.15, 0.2) is 24.4 Å². The van der Waals surface area contributed by atoms with Gasteiger partial charge in [-0.25, -0.2) is 0 Å². The zero-order valence-electron chi connectivity index (χ0n) is 7.92. The van der Waals surface area contributed by atoms with Gasteiger partial charge in [-0.15, -0.1) is 0 Å². The Morgan fingerprint density at radius 1 is 1.47 bits per heavy atom. The van der Waals surface area contributed by atoms with E-state index >= 15 is 0 Å². The molecule has 0 bridgehead atoms. The number of nitrogens with zero attached hydrogens (tertiary/aromatic N) is 3. The Labute approximate surface area is 91.4 Å². The minimum absolute atomic E-state index is 0.0215. The second-order valence-corrected chi connectivity index (χ2v) is 3.33. The molecule has 2 heterocycles. The molecule has 0 aliphatic heterocycles.